The van der Waals surface area contributed by atoms with E-state index in [0.29, 0.717) is 16.5 Å². The van der Waals surface area contributed by atoms with Gasteiger partial charge in [-0.3, -0.25) is 4.79 Å². The Labute approximate surface area is 132 Å². The molecule has 0 aromatic heterocycles. The van der Waals surface area contributed by atoms with E-state index in [1.807, 2.05) is 6.07 Å². The molecule has 0 spiro atoms. The van der Waals surface area contributed by atoms with Crippen molar-refractivity contribution >= 4 is 40.1 Å². The maximum atomic E-state index is 12.1. The van der Waals surface area contributed by atoms with E-state index in [0.717, 1.165) is 36.0 Å². The number of carbonyl (C=O) groups is 1. The molecule has 5 heteroatoms. The Morgan fingerprint density at radius 1 is 1.47 bits per heavy atom. The standard InChI is InChI=1S/C14H18ClIN2O/c1-18-6-4-10(5-7-18)9-17-14(19)12-8-11(15)2-3-13(12)16/h2-3,8,10H,4-7,9H2,1H3,(H,17,19). The van der Waals surface area contributed by atoms with E-state index in [1.54, 1.807) is 12.1 Å². The van der Waals surface area contributed by atoms with Crippen molar-refractivity contribution in [2.24, 2.45) is 5.92 Å². The van der Waals surface area contributed by atoms with E-state index >= 15 is 0 Å². The van der Waals surface area contributed by atoms with Gasteiger partial charge in [0, 0.05) is 15.1 Å². The Morgan fingerprint density at radius 3 is 2.84 bits per heavy atom. The SMILES string of the molecule is CN1CCC(CNC(=O)c2cc(Cl)ccc2I)CC1. The minimum atomic E-state index is -0.0224. The van der Waals surface area contributed by atoms with Gasteiger partial charge in [-0.05, 0) is 79.7 Å². The number of carbonyl (C=O) groups excluding carboxylic acids is 1. The van der Waals surface area contributed by atoms with Gasteiger partial charge in [0.15, 0.2) is 0 Å². The Hall–Kier alpha value is -0.330. The number of benzene rings is 1. The largest absolute Gasteiger partial charge is 0.352 e. The summed E-state index contributed by atoms with van der Waals surface area (Å²) in [6, 6.07) is 5.40. The van der Waals surface area contributed by atoms with E-state index in [-0.39, 0.29) is 5.91 Å². The number of hydrogen-bond donors (Lipinski definition) is 1. The van der Waals surface area contributed by atoms with E-state index in [4.69, 9.17) is 11.6 Å². The van der Waals surface area contributed by atoms with Crippen molar-refractivity contribution < 1.29 is 4.79 Å². The fourth-order valence-electron chi connectivity index (χ4n) is 2.27. The van der Waals surface area contributed by atoms with Gasteiger partial charge in [0.2, 0.25) is 0 Å². The molecule has 3 nitrogen and oxygen atoms in total. The summed E-state index contributed by atoms with van der Waals surface area (Å²) < 4.78 is 0.933. The van der Waals surface area contributed by atoms with Crippen LogP contribution in [0, 0.1) is 9.49 Å². The predicted molar refractivity (Wildman–Crippen MR) is 86.7 cm³/mol. The Bertz CT molecular complexity index is 459. The molecule has 0 unspecified atom stereocenters. The molecule has 2 rings (SSSR count). The maximum absolute atomic E-state index is 12.1. The first-order chi connectivity index (χ1) is 9.06. The summed E-state index contributed by atoms with van der Waals surface area (Å²) in [5.74, 6) is 0.572. The highest BCUT2D eigenvalue weighted by Crippen LogP contribution is 2.19. The van der Waals surface area contributed by atoms with Crippen LogP contribution in [0.1, 0.15) is 23.2 Å². The molecule has 1 aromatic rings. The highest BCUT2D eigenvalue weighted by Gasteiger charge is 2.18. The fraction of sp³-hybridized carbons (Fsp3) is 0.500. The molecule has 1 aliphatic rings. The zero-order valence-electron chi connectivity index (χ0n) is 11.0. The van der Waals surface area contributed by atoms with E-state index < -0.39 is 0 Å². The van der Waals surface area contributed by atoms with Crippen LogP contribution in [-0.2, 0) is 0 Å². The quantitative estimate of drug-likeness (QED) is 0.802. The van der Waals surface area contributed by atoms with E-state index in [9.17, 15) is 4.79 Å². The molecule has 1 aliphatic heterocycles. The number of likely N-dealkylation sites (tertiary alicyclic amines) is 1. The molecule has 1 amide bonds. The number of amides is 1. The van der Waals surface area contributed by atoms with Crippen LogP contribution in [0.3, 0.4) is 0 Å². The molecule has 19 heavy (non-hydrogen) atoms. The lowest BCUT2D eigenvalue weighted by Crippen LogP contribution is -2.37. The molecule has 104 valence electrons. The summed E-state index contributed by atoms with van der Waals surface area (Å²) in [6.45, 7) is 3.00. The van der Waals surface area contributed by atoms with Gasteiger partial charge in [-0.25, -0.2) is 0 Å². The molecule has 1 fully saturated rings. The van der Waals surface area contributed by atoms with Crippen molar-refractivity contribution in [1.82, 2.24) is 10.2 Å². The zero-order valence-corrected chi connectivity index (χ0v) is 13.9. The molecular weight excluding hydrogens is 375 g/mol. The summed E-state index contributed by atoms with van der Waals surface area (Å²) in [7, 11) is 2.14. The van der Waals surface area contributed by atoms with E-state index in [1.165, 1.54) is 0 Å². The molecule has 0 bridgehead atoms. The molecule has 1 N–H and O–H groups in total. The number of piperidine rings is 1. The van der Waals surface area contributed by atoms with Crippen molar-refractivity contribution in [3.05, 3.63) is 32.4 Å². The van der Waals surface area contributed by atoms with Crippen molar-refractivity contribution in [2.45, 2.75) is 12.8 Å². The molecule has 0 radical (unpaired) electrons. The molecule has 1 heterocycles. The van der Waals surface area contributed by atoms with Crippen LogP contribution in [0.2, 0.25) is 5.02 Å². The molecule has 1 saturated heterocycles. The second-order valence-corrected chi connectivity index (χ2v) is 6.68. The van der Waals surface area contributed by atoms with E-state index in [2.05, 4.69) is 39.9 Å². The third kappa shape index (κ3) is 4.33. The number of nitrogens with one attached hydrogen (secondary N) is 1. The van der Waals surface area contributed by atoms with Crippen molar-refractivity contribution in [1.29, 1.82) is 0 Å². The summed E-state index contributed by atoms with van der Waals surface area (Å²) in [5.41, 5.74) is 0.668. The summed E-state index contributed by atoms with van der Waals surface area (Å²) >= 11 is 8.10. The zero-order chi connectivity index (χ0) is 13.8. The smallest absolute Gasteiger partial charge is 0.252 e. The monoisotopic (exact) mass is 392 g/mol. The molecule has 0 atom stereocenters. The third-order valence-electron chi connectivity index (χ3n) is 3.56. The number of hydrogen-bond acceptors (Lipinski definition) is 2. The van der Waals surface area contributed by atoms with Gasteiger partial charge in [0.05, 0.1) is 5.56 Å². The van der Waals surface area contributed by atoms with Crippen LogP contribution in [0.4, 0.5) is 0 Å². The van der Waals surface area contributed by atoms with Gasteiger partial charge in [0.25, 0.3) is 5.91 Å². The Kier molecular flexibility index (Phi) is 5.47. The van der Waals surface area contributed by atoms with Crippen LogP contribution in [0.25, 0.3) is 0 Å². The first-order valence-electron chi connectivity index (χ1n) is 6.48. The highest BCUT2D eigenvalue weighted by atomic mass is 127. The van der Waals surface area contributed by atoms with Crippen LogP contribution in [-0.4, -0.2) is 37.5 Å². The molecular formula is C14H18ClIN2O. The molecule has 1 aromatic carbocycles. The minimum Gasteiger partial charge on any atom is -0.352 e. The van der Waals surface area contributed by atoms with Gasteiger partial charge in [0.1, 0.15) is 0 Å². The number of halogens is 2. The summed E-state index contributed by atoms with van der Waals surface area (Å²) in [5, 5.41) is 3.63. The average Bonchev–Trinajstić information content (AvgIpc) is 2.40. The second kappa shape index (κ2) is 6.90. The molecule has 0 aliphatic carbocycles. The first kappa shape index (κ1) is 15.1. The van der Waals surface area contributed by atoms with Crippen LogP contribution >= 0.6 is 34.2 Å². The third-order valence-corrected chi connectivity index (χ3v) is 4.74. The van der Waals surface area contributed by atoms with Gasteiger partial charge in [-0.15, -0.1) is 0 Å². The van der Waals surface area contributed by atoms with Crippen LogP contribution in [0.5, 0.6) is 0 Å². The van der Waals surface area contributed by atoms with Gasteiger partial charge >= 0.3 is 0 Å². The summed E-state index contributed by atoms with van der Waals surface area (Å²) in [4.78, 5) is 14.5. The molecule has 0 saturated carbocycles. The predicted octanol–water partition coefficient (Wildman–Crippen LogP) is 3.02. The Balaban J connectivity index is 1.89. The Morgan fingerprint density at radius 2 is 2.16 bits per heavy atom. The normalized spacial score (nSPS) is 17.4. The minimum absolute atomic E-state index is 0.0224. The number of rotatable bonds is 3. The maximum Gasteiger partial charge on any atom is 0.252 e. The first-order valence-corrected chi connectivity index (χ1v) is 7.93. The highest BCUT2D eigenvalue weighted by molar-refractivity contribution is 14.1. The van der Waals surface area contributed by atoms with Gasteiger partial charge in [-0.2, -0.15) is 0 Å². The second-order valence-electron chi connectivity index (χ2n) is 5.08. The van der Waals surface area contributed by atoms with Crippen LogP contribution in [0.15, 0.2) is 18.2 Å². The lowest BCUT2D eigenvalue weighted by Gasteiger charge is -2.28. The van der Waals surface area contributed by atoms with Crippen molar-refractivity contribution in [3.63, 3.8) is 0 Å². The lowest BCUT2D eigenvalue weighted by molar-refractivity contribution is 0.0938. The van der Waals surface area contributed by atoms with Gasteiger partial charge in [-0.1, -0.05) is 11.6 Å². The summed E-state index contributed by atoms with van der Waals surface area (Å²) in [6.07, 6.45) is 2.31. The van der Waals surface area contributed by atoms with Crippen molar-refractivity contribution in [3.8, 4) is 0 Å². The van der Waals surface area contributed by atoms with Crippen LogP contribution < -0.4 is 5.32 Å². The van der Waals surface area contributed by atoms with Crippen molar-refractivity contribution in [2.75, 3.05) is 26.7 Å². The number of nitrogens with zero attached hydrogens (tertiary/aromatic N) is 1. The lowest BCUT2D eigenvalue weighted by atomic mass is 9.97. The topological polar surface area (TPSA) is 32.3 Å². The average molecular weight is 393 g/mol. The fourth-order valence-corrected chi connectivity index (χ4v) is 3.02. The van der Waals surface area contributed by atoms with Gasteiger partial charge < -0.3 is 10.2 Å².